The second kappa shape index (κ2) is 4.49. The summed E-state index contributed by atoms with van der Waals surface area (Å²) in [6, 6.07) is 8.59. The number of fused-ring (bicyclic) bond motifs is 1. The molecule has 2 rings (SSSR count). The third kappa shape index (κ3) is 1.90. The summed E-state index contributed by atoms with van der Waals surface area (Å²) in [6.07, 6.45) is 4.19. The molecule has 0 bridgehead atoms. The van der Waals surface area contributed by atoms with Gasteiger partial charge in [0.05, 0.1) is 6.26 Å². The molecular formula is C13H17NO. The van der Waals surface area contributed by atoms with Crippen LogP contribution in [0.15, 0.2) is 34.9 Å². The Morgan fingerprint density at radius 1 is 1.33 bits per heavy atom. The molecule has 2 nitrogen and oxygen atoms in total. The van der Waals surface area contributed by atoms with E-state index in [9.17, 15) is 0 Å². The van der Waals surface area contributed by atoms with Gasteiger partial charge in [0.15, 0.2) is 0 Å². The first kappa shape index (κ1) is 10.2. The van der Waals surface area contributed by atoms with Gasteiger partial charge in [-0.15, -0.1) is 0 Å². The Labute approximate surface area is 90.3 Å². The fourth-order valence-corrected chi connectivity index (χ4v) is 2.01. The smallest absolute Gasteiger partial charge is 0.134 e. The highest BCUT2D eigenvalue weighted by Gasteiger charge is 2.13. The van der Waals surface area contributed by atoms with Crippen molar-refractivity contribution in [2.45, 2.75) is 25.8 Å². The summed E-state index contributed by atoms with van der Waals surface area (Å²) < 4.78 is 5.54. The molecule has 0 aliphatic carbocycles. The number of nitrogens with one attached hydrogen (secondary N) is 1. The predicted molar refractivity (Wildman–Crippen MR) is 62.9 cm³/mol. The quantitative estimate of drug-likeness (QED) is 0.822. The van der Waals surface area contributed by atoms with E-state index < -0.39 is 0 Å². The van der Waals surface area contributed by atoms with Gasteiger partial charge in [-0.2, -0.15) is 0 Å². The minimum absolute atomic E-state index is 0.402. The zero-order valence-corrected chi connectivity index (χ0v) is 9.29. The molecule has 15 heavy (non-hydrogen) atoms. The van der Waals surface area contributed by atoms with E-state index >= 15 is 0 Å². The van der Waals surface area contributed by atoms with Crippen LogP contribution in [-0.4, -0.2) is 7.05 Å². The molecule has 0 amide bonds. The summed E-state index contributed by atoms with van der Waals surface area (Å²) in [5, 5.41) is 4.56. The Morgan fingerprint density at radius 2 is 2.13 bits per heavy atom. The van der Waals surface area contributed by atoms with Gasteiger partial charge in [0.25, 0.3) is 0 Å². The summed E-state index contributed by atoms with van der Waals surface area (Å²) >= 11 is 0. The van der Waals surface area contributed by atoms with E-state index in [0.717, 1.165) is 12.0 Å². The van der Waals surface area contributed by atoms with Crippen LogP contribution < -0.4 is 5.32 Å². The van der Waals surface area contributed by atoms with Gasteiger partial charge >= 0.3 is 0 Å². The van der Waals surface area contributed by atoms with Gasteiger partial charge in [0, 0.05) is 17.0 Å². The number of hydrogen-bond donors (Lipinski definition) is 1. The van der Waals surface area contributed by atoms with Crippen molar-refractivity contribution in [2.75, 3.05) is 7.05 Å². The standard InChI is InChI=1S/C13H17NO/c1-3-6-12(14-2)11-9-15-13-8-5-4-7-10(11)13/h4-5,7-9,12,14H,3,6H2,1-2H3. The molecule has 0 saturated carbocycles. The van der Waals surface area contributed by atoms with Gasteiger partial charge in [-0.1, -0.05) is 31.5 Å². The van der Waals surface area contributed by atoms with Crippen LogP contribution in [0, 0.1) is 0 Å². The maximum absolute atomic E-state index is 5.54. The van der Waals surface area contributed by atoms with Crippen LogP contribution >= 0.6 is 0 Å². The highest BCUT2D eigenvalue weighted by Crippen LogP contribution is 2.28. The lowest BCUT2D eigenvalue weighted by atomic mass is 10.0. The Morgan fingerprint density at radius 3 is 2.87 bits per heavy atom. The molecular weight excluding hydrogens is 186 g/mol. The second-order valence-electron chi connectivity index (χ2n) is 3.82. The van der Waals surface area contributed by atoms with Crippen molar-refractivity contribution < 1.29 is 4.42 Å². The maximum atomic E-state index is 5.54. The molecule has 2 heteroatoms. The zero-order chi connectivity index (χ0) is 10.7. The molecule has 0 spiro atoms. The van der Waals surface area contributed by atoms with E-state index in [4.69, 9.17) is 4.42 Å². The number of hydrogen-bond acceptors (Lipinski definition) is 2. The molecule has 1 atom stereocenters. The molecule has 80 valence electrons. The largest absolute Gasteiger partial charge is 0.464 e. The summed E-state index contributed by atoms with van der Waals surface area (Å²) in [7, 11) is 2.00. The van der Waals surface area contributed by atoms with Crippen LogP contribution in [0.1, 0.15) is 31.4 Å². The zero-order valence-electron chi connectivity index (χ0n) is 9.29. The number of benzene rings is 1. The van der Waals surface area contributed by atoms with Gasteiger partial charge < -0.3 is 9.73 Å². The van der Waals surface area contributed by atoms with E-state index in [1.807, 2.05) is 25.4 Å². The highest BCUT2D eigenvalue weighted by molar-refractivity contribution is 5.81. The first-order chi connectivity index (χ1) is 7.36. The second-order valence-corrected chi connectivity index (χ2v) is 3.82. The molecule has 1 heterocycles. The van der Waals surface area contributed by atoms with Crippen LogP contribution in [0.5, 0.6) is 0 Å². The molecule has 0 radical (unpaired) electrons. The number of para-hydroxylation sites is 1. The van der Waals surface area contributed by atoms with Gasteiger partial charge in [-0.3, -0.25) is 0 Å². The maximum Gasteiger partial charge on any atom is 0.134 e. The molecule has 1 N–H and O–H groups in total. The minimum Gasteiger partial charge on any atom is -0.464 e. The van der Waals surface area contributed by atoms with Gasteiger partial charge in [0.2, 0.25) is 0 Å². The SMILES string of the molecule is CCCC(NC)c1coc2ccccc12. The molecule has 2 aromatic rings. The van der Waals surface area contributed by atoms with E-state index in [2.05, 4.69) is 24.4 Å². The Hall–Kier alpha value is -1.28. The molecule has 1 aromatic carbocycles. The first-order valence-corrected chi connectivity index (χ1v) is 5.50. The predicted octanol–water partition coefficient (Wildman–Crippen LogP) is 3.49. The van der Waals surface area contributed by atoms with Crippen molar-refractivity contribution >= 4 is 11.0 Å². The van der Waals surface area contributed by atoms with Crippen LogP contribution in [0.4, 0.5) is 0 Å². The van der Waals surface area contributed by atoms with Crippen LogP contribution in [0.2, 0.25) is 0 Å². The van der Waals surface area contributed by atoms with Gasteiger partial charge in [0.1, 0.15) is 5.58 Å². The average Bonchev–Trinajstić information content (AvgIpc) is 2.70. The number of rotatable bonds is 4. The molecule has 0 fully saturated rings. The van der Waals surface area contributed by atoms with E-state index in [1.165, 1.54) is 17.4 Å². The fourth-order valence-electron chi connectivity index (χ4n) is 2.01. The molecule has 1 aromatic heterocycles. The lowest BCUT2D eigenvalue weighted by Crippen LogP contribution is -2.15. The summed E-state index contributed by atoms with van der Waals surface area (Å²) in [6.45, 7) is 2.20. The molecule has 0 aliphatic rings. The van der Waals surface area contributed by atoms with Crippen molar-refractivity contribution in [1.29, 1.82) is 0 Å². The third-order valence-electron chi connectivity index (χ3n) is 2.81. The molecule has 1 unspecified atom stereocenters. The third-order valence-corrected chi connectivity index (χ3v) is 2.81. The lowest BCUT2D eigenvalue weighted by molar-refractivity contribution is 0.529. The monoisotopic (exact) mass is 203 g/mol. The van der Waals surface area contributed by atoms with Crippen molar-refractivity contribution in [3.05, 3.63) is 36.1 Å². The fraction of sp³-hybridized carbons (Fsp3) is 0.385. The van der Waals surface area contributed by atoms with Gasteiger partial charge in [-0.25, -0.2) is 0 Å². The van der Waals surface area contributed by atoms with Gasteiger partial charge in [-0.05, 0) is 19.5 Å². The average molecular weight is 203 g/mol. The summed E-state index contributed by atoms with van der Waals surface area (Å²) in [5.41, 5.74) is 2.25. The van der Waals surface area contributed by atoms with Crippen molar-refractivity contribution in [2.24, 2.45) is 0 Å². The van der Waals surface area contributed by atoms with Crippen LogP contribution in [0.25, 0.3) is 11.0 Å². The topological polar surface area (TPSA) is 25.2 Å². The van der Waals surface area contributed by atoms with Crippen LogP contribution in [0.3, 0.4) is 0 Å². The van der Waals surface area contributed by atoms with Crippen LogP contribution in [-0.2, 0) is 0 Å². The normalized spacial score (nSPS) is 13.2. The Bertz CT molecular complexity index is 433. The minimum atomic E-state index is 0.402. The number of furan rings is 1. The Kier molecular flexibility index (Phi) is 3.07. The molecule has 0 saturated heterocycles. The summed E-state index contributed by atoms with van der Waals surface area (Å²) in [4.78, 5) is 0. The van der Waals surface area contributed by atoms with E-state index in [0.29, 0.717) is 6.04 Å². The van der Waals surface area contributed by atoms with Crippen molar-refractivity contribution in [3.8, 4) is 0 Å². The van der Waals surface area contributed by atoms with E-state index in [1.54, 1.807) is 0 Å². The molecule has 0 aliphatic heterocycles. The lowest BCUT2D eigenvalue weighted by Gasteiger charge is -2.13. The van der Waals surface area contributed by atoms with E-state index in [-0.39, 0.29) is 0 Å². The first-order valence-electron chi connectivity index (χ1n) is 5.50. The Balaban J connectivity index is 2.41. The van der Waals surface area contributed by atoms with Crippen molar-refractivity contribution in [3.63, 3.8) is 0 Å². The summed E-state index contributed by atoms with van der Waals surface area (Å²) in [5.74, 6) is 0. The highest BCUT2D eigenvalue weighted by atomic mass is 16.3. The van der Waals surface area contributed by atoms with Crippen molar-refractivity contribution in [1.82, 2.24) is 5.32 Å².